The molecule has 1 fully saturated rings. The molecule has 1 aliphatic rings. The van der Waals surface area contributed by atoms with Crippen molar-refractivity contribution >= 4 is 5.69 Å². The molecule has 2 heterocycles. The molecule has 2 atom stereocenters. The lowest BCUT2D eigenvalue weighted by atomic mass is 9.94. The average molecular weight is 298 g/mol. The van der Waals surface area contributed by atoms with Gasteiger partial charge in [-0.2, -0.15) is 5.10 Å². The fraction of sp³-hybridized carbons (Fsp3) is 0.769. The van der Waals surface area contributed by atoms with Crippen molar-refractivity contribution in [2.45, 2.75) is 51.0 Å². The normalized spacial score (nSPS) is 22.9. The zero-order valence-electron chi connectivity index (χ0n) is 12.4. The minimum absolute atomic E-state index is 0.0682. The lowest BCUT2D eigenvalue weighted by molar-refractivity contribution is -0.385. The number of aromatic nitrogens is 2. The van der Waals surface area contributed by atoms with Gasteiger partial charge in [0, 0.05) is 19.2 Å². The molecule has 8 nitrogen and oxygen atoms in total. The third-order valence-corrected chi connectivity index (χ3v) is 3.57. The molecule has 2 N–H and O–H groups in total. The maximum atomic E-state index is 10.6. The summed E-state index contributed by atoms with van der Waals surface area (Å²) in [5, 5.41) is 27.7. The van der Waals surface area contributed by atoms with Crippen molar-refractivity contribution in [1.29, 1.82) is 0 Å². The zero-order chi connectivity index (χ0) is 15.5. The van der Waals surface area contributed by atoms with Crippen LogP contribution in [-0.2, 0) is 11.3 Å². The first-order chi connectivity index (χ1) is 9.85. The summed E-state index contributed by atoms with van der Waals surface area (Å²) in [7, 11) is 0. The molecule has 1 aliphatic heterocycles. The van der Waals surface area contributed by atoms with Gasteiger partial charge in [0.2, 0.25) is 0 Å². The van der Waals surface area contributed by atoms with Crippen molar-refractivity contribution in [3.05, 3.63) is 22.5 Å². The number of ether oxygens (including phenoxy) is 1. The molecule has 1 aromatic heterocycles. The maximum Gasteiger partial charge on any atom is 0.306 e. The molecule has 0 aromatic carbocycles. The van der Waals surface area contributed by atoms with Gasteiger partial charge in [-0.3, -0.25) is 14.8 Å². The molecule has 0 aliphatic carbocycles. The molecule has 0 radical (unpaired) electrons. The Balaban J connectivity index is 1.76. The van der Waals surface area contributed by atoms with E-state index in [0.29, 0.717) is 19.2 Å². The van der Waals surface area contributed by atoms with Crippen molar-refractivity contribution in [3.63, 3.8) is 0 Å². The van der Waals surface area contributed by atoms with Crippen molar-refractivity contribution in [2.75, 3.05) is 13.2 Å². The smallest absolute Gasteiger partial charge is 0.306 e. The summed E-state index contributed by atoms with van der Waals surface area (Å²) in [5.74, 6) is 0. The van der Waals surface area contributed by atoms with Crippen LogP contribution in [0.1, 0.15) is 26.7 Å². The Bertz CT molecular complexity index is 488. The van der Waals surface area contributed by atoms with Crippen LogP contribution in [0.2, 0.25) is 0 Å². The first-order valence-electron chi connectivity index (χ1n) is 7.08. The van der Waals surface area contributed by atoms with E-state index in [-0.39, 0.29) is 17.8 Å². The summed E-state index contributed by atoms with van der Waals surface area (Å²) in [5.41, 5.74) is -0.204. The largest absolute Gasteiger partial charge is 0.390 e. The number of aliphatic hydroxyl groups excluding tert-OH is 1. The minimum Gasteiger partial charge on any atom is -0.390 e. The quantitative estimate of drug-likeness (QED) is 0.592. The van der Waals surface area contributed by atoms with Gasteiger partial charge >= 0.3 is 5.69 Å². The number of nitrogens with zero attached hydrogens (tertiary/aromatic N) is 3. The van der Waals surface area contributed by atoms with Crippen LogP contribution in [0.3, 0.4) is 0 Å². The number of aliphatic hydroxyl groups is 1. The molecule has 2 unspecified atom stereocenters. The number of rotatable bonds is 6. The molecule has 0 saturated carbocycles. The molecule has 8 heteroatoms. The van der Waals surface area contributed by atoms with E-state index >= 15 is 0 Å². The highest BCUT2D eigenvalue weighted by Gasteiger charge is 2.28. The summed E-state index contributed by atoms with van der Waals surface area (Å²) in [4.78, 5) is 10.1. The highest BCUT2D eigenvalue weighted by Crippen LogP contribution is 2.23. The Kier molecular flexibility index (Phi) is 4.92. The third kappa shape index (κ3) is 4.76. The highest BCUT2D eigenvalue weighted by atomic mass is 16.6. The Morgan fingerprint density at radius 1 is 1.71 bits per heavy atom. The van der Waals surface area contributed by atoms with Crippen LogP contribution < -0.4 is 5.32 Å². The van der Waals surface area contributed by atoms with E-state index in [9.17, 15) is 15.2 Å². The van der Waals surface area contributed by atoms with Crippen LogP contribution in [0.5, 0.6) is 0 Å². The maximum absolute atomic E-state index is 10.6. The fourth-order valence-corrected chi connectivity index (χ4v) is 2.54. The van der Waals surface area contributed by atoms with Crippen molar-refractivity contribution in [2.24, 2.45) is 0 Å². The van der Waals surface area contributed by atoms with E-state index in [0.717, 1.165) is 12.8 Å². The predicted molar refractivity (Wildman–Crippen MR) is 75.9 cm³/mol. The van der Waals surface area contributed by atoms with E-state index in [1.165, 1.54) is 17.1 Å². The standard InChI is InChI=1S/C13H22N4O4/c1-13(2)5-10(3-4-21-13)14-7-12(18)9-16-8-11(6-15-16)17(19)20/h6,8,10,12,14,18H,3-5,7,9H2,1-2H3. The van der Waals surface area contributed by atoms with Crippen LogP contribution in [0.25, 0.3) is 0 Å². The van der Waals surface area contributed by atoms with E-state index in [2.05, 4.69) is 24.3 Å². The lowest BCUT2D eigenvalue weighted by Gasteiger charge is -2.36. The fourth-order valence-electron chi connectivity index (χ4n) is 2.54. The van der Waals surface area contributed by atoms with Crippen molar-refractivity contribution in [1.82, 2.24) is 15.1 Å². The summed E-state index contributed by atoms with van der Waals surface area (Å²) < 4.78 is 7.03. The molecular weight excluding hydrogens is 276 g/mol. The van der Waals surface area contributed by atoms with Gasteiger partial charge in [0.05, 0.1) is 23.2 Å². The lowest BCUT2D eigenvalue weighted by Crippen LogP contribution is -2.46. The first kappa shape index (κ1) is 15.9. The molecule has 0 bridgehead atoms. The minimum atomic E-state index is -0.643. The van der Waals surface area contributed by atoms with Crippen LogP contribution >= 0.6 is 0 Å². The molecule has 1 aromatic rings. The van der Waals surface area contributed by atoms with Crippen LogP contribution in [0, 0.1) is 10.1 Å². The number of nitrogens with one attached hydrogen (secondary N) is 1. The van der Waals surface area contributed by atoms with Gasteiger partial charge < -0.3 is 15.2 Å². The zero-order valence-corrected chi connectivity index (χ0v) is 12.4. The van der Waals surface area contributed by atoms with Gasteiger partial charge in [-0.25, -0.2) is 0 Å². The van der Waals surface area contributed by atoms with E-state index in [4.69, 9.17) is 4.74 Å². The Hall–Kier alpha value is -1.51. The first-order valence-corrected chi connectivity index (χ1v) is 7.08. The third-order valence-electron chi connectivity index (χ3n) is 3.57. The molecular formula is C13H22N4O4. The molecule has 118 valence electrons. The van der Waals surface area contributed by atoms with Gasteiger partial charge in [-0.1, -0.05) is 0 Å². The molecule has 2 rings (SSSR count). The average Bonchev–Trinajstić information content (AvgIpc) is 2.84. The second-order valence-electron chi connectivity index (χ2n) is 6.04. The van der Waals surface area contributed by atoms with E-state index < -0.39 is 11.0 Å². The SMILES string of the molecule is CC1(C)CC(NCC(O)Cn2cc([N+](=O)[O-])cn2)CCO1. The van der Waals surface area contributed by atoms with Gasteiger partial charge in [0.15, 0.2) is 0 Å². The Morgan fingerprint density at radius 3 is 3.10 bits per heavy atom. The molecule has 21 heavy (non-hydrogen) atoms. The topological polar surface area (TPSA) is 102 Å². The van der Waals surface area contributed by atoms with Gasteiger partial charge in [0.25, 0.3) is 0 Å². The highest BCUT2D eigenvalue weighted by molar-refractivity contribution is 5.20. The van der Waals surface area contributed by atoms with Gasteiger partial charge in [0.1, 0.15) is 12.4 Å². The van der Waals surface area contributed by atoms with Crippen molar-refractivity contribution in [3.8, 4) is 0 Å². The summed E-state index contributed by atoms with van der Waals surface area (Å²) in [6.45, 7) is 5.48. The van der Waals surface area contributed by atoms with Gasteiger partial charge in [-0.05, 0) is 26.7 Å². The second-order valence-corrected chi connectivity index (χ2v) is 6.04. The van der Waals surface area contributed by atoms with Crippen LogP contribution in [0.4, 0.5) is 5.69 Å². The molecule has 1 saturated heterocycles. The number of nitro groups is 1. The summed E-state index contributed by atoms with van der Waals surface area (Å²) in [6, 6.07) is 0.315. The molecule has 0 amide bonds. The Morgan fingerprint density at radius 2 is 2.48 bits per heavy atom. The van der Waals surface area contributed by atoms with Crippen LogP contribution in [-0.4, -0.2) is 50.7 Å². The van der Waals surface area contributed by atoms with Crippen molar-refractivity contribution < 1.29 is 14.8 Å². The summed E-state index contributed by atoms with van der Waals surface area (Å²) >= 11 is 0. The predicted octanol–water partition coefficient (Wildman–Crippen LogP) is 0.699. The number of hydrogen-bond acceptors (Lipinski definition) is 6. The monoisotopic (exact) mass is 298 g/mol. The molecule has 0 spiro atoms. The summed E-state index contributed by atoms with van der Waals surface area (Å²) in [6.07, 6.45) is 3.67. The number of hydrogen-bond donors (Lipinski definition) is 2. The second kappa shape index (κ2) is 6.50. The Labute approximate surface area is 123 Å². The van der Waals surface area contributed by atoms with E-state index in [1.54, 1.807) is 0 Å². The van der Waals surface area contributed by atoms with E-state index in [1.807, 2.05) is 0 Å². The van der Waals surface area contributed by atoms with Crippen LogP contribution in [0.15, 0.2) is 12.4 Å². The van der Waals surface area contributed by atoms with Gasteiger partial charge in [-0.15, -0.1) is 0 Å².